The van der Waals surface area contributed by atoms with Crippen molar-refractivity contribution in [3.05, 3.63) is 54.6 Å². The molecule has 1 aromatic carbocycles. The molecule has 0 radical (unpaired) electrons. The number of benzene rings is 1. The average molecular weight is 360 g/mol. The van der Waals surface area contributed by atoms with Gasteiger partial charge in [0.05, 0.1) is 12.6 Å². The maximum Gasteiger partial charge on any atom is 0.198 e. The lowest BCUT2D eigenvalue weighted by Gasteiger charge is -2.38. The molecule has 0 bridgehead atoms. The number of hydrogen-bond donors (Lipinski definition) is 1. The number of oxazole rings is 1. The number of aromatic nitrogens is 2. The van der Waals surface area contributed by atoms with E-state index in [0.29, 0.717) is 12.3 Å². The molecule has 3 aromatic rings. The number of halogens is 1. The van der Waals surface area contributed by atoms with Crippen LogP contribution >= 0.6 is 12.4 Å². The highest BCUT2D eigenvalue weighted by atomic mass is 35.5. The van der Waals surface area contributed by atoms with Gasteiger partial charge in [-0.2, -0.15) is 0 Å². The Morgan fingerprint density at radius 3 is 2.52 bits per heavy atom. The van der Waals surface area contributed by atoms with Crippen LogP contribution in [0.25, 0.3) is 11.1 Å². The van der Waals surface area contributed by atoms with Crippen molar-refractivity contribution in [3.8, 4) is 0 Å². The molecule has 25 heavy (non-hydrogen) atoms. The minimum Gasteiger partial charge on any atom is -0.441 e. The number of para-hydroxylation sites is 2. The Balaban J connectivity index is 0.00000182. The van der Waals surface area contributed by atoms with E-state index < -0.39 is 0 Å². The number of nitrogens with zero attached hydrogens (tertiary/aromatic N) is 4. The van der Waals surface area contributed by atoms with Gasteiger partial charge in [0.1, 0.15) is 11.3 Å². The molecule has 4 rings (SSSR count). The van der Waals surface area contributed by atoms with Crippen LogP contribution in [0.5, 0.6) is 0 Å². The minimum absolute atomic E-state index is 0. The van der Waals surface area contributed by atoms with Crippen molar-refractivity contribution in [3.63, 3.8) is 0 Å². The fraction of sp³-hybridized carbons (Fsp3) is 0.333. The molecule has 3 heterocycles. The third-order valence-electron chi connectivity index (χ3n) is 4.48. The fourth-order valence-electron chi connectivity index (χ4n) is 3.14. The summed E-state index contributed by atoms with van der Waals surface area (Å²) in [6.07, 6.45) is 2.38. The largest absolute Gasteiger partial charge is 0.441 e. The second-order valence-corrected chi connectivity index (χ2v) is 6.06. The second kappa shape index (κ2) is 7.82. The van der Waals surface area contributed by atoms with Crippen LogP contribution < -0.4 is 10.6 Å². The molecule has 1 aliphatic rings. The smallest absolute Gasteiger partial charge is 0.198 e. The van der Waals surface area contributed by atoms with Crippen molar-refractivity contribution in [2.45, 2.75) is 12.6 Å². The van der Waals surface area contributed by atoms with Crippen LogP contribution in [0.1, 0.15) is 5.89 Å². The van der Waals surface area contributed by atoms with Crippen molar-refractivity contribution in [2.75, 3.05) is 31.1 Å². The molecule has 1 aliphatic heterocycles. The summed E-state index contributed by atoms with van der Waals surface area (Å²) in [4.78, 5) is 13.5. The Morgan fingerprint density at radius 2 is 1.80 bits per heavy atom. The van der Waals surface area contributed by atoms with Gasteiger partial charge in [-0.15, -0.1) is 12.4 Å². The summed E-state index contributed by atoms with van der Waals surface area (Å²) in [5.74, 6) is 1.74. The van der Waals surface area contributed by atoms with Crippen LogP contribution in [0.15, 0.2) is 53.1 Å². The highest BCUT2D eigenvalue weighted by Crippen LogP contribution is 2.17. The van der Waals surface area contributed by atoms with E-state index in [0.717, 1.165) is 43.1 Å². The first kappa shape index (κ1) is 17.7. The molecular weight excluding hydrogens is 338 g/mol. The van der Waals surface area contributed by atoms with Crippen LogP contribution in [0.3, 0.4) is 0 Å². The highest BCUT2D eigenvalue weighted by molar-refractivity contribution is 5.85. The topological polar surface area (TPSA) is 71.4 Å². The Bertz CT molecular complexity index is 768. The van der Waals surface area contributed by atoms with Gasteiger partial charge in [0.25, 0.3) is 0 Å². The molecule has 0 amide bonds. The van der Waals surface area contributed by atoms with Gasteiger partial charge in [0.2, 0.25) is 0 Å². The monoisotopic (exact) mass is 359 g/mol. The summed E-state index contributed by atoms with van der Waals surface area (Å²) in [7, 11) is 0. The van der Waals surface area contributed by atoms with E-state index in [1.165, 1.54) is 0 Å². The van der Waals surface area contributed by atoms with E-state index in [4.69, 9.17) is 10.2 Å². The molecule has 2 aromatic heterocycles. The van der Waals surface area contributed by atoms with Gasteiger partial charge in [-0.1, -0.05) is 18.2 Å². The summed E-state index contributed by atoms with van der Waals surface area (Å²) in [5, 5.41) is 0. The van der Waals surface area contributed by atoms with E-state index >= 15 is 0 Å². The Morgan fingerprint density at radius 1 is 1.04 bits per heavy atom. The van der Waals surface area contributed by atoms with Gasteiger partial charge in [-0.3, -0.25) is 4.90 Å². The summed E-state index contributed by atoms with van der Waals surface area (Å²) in [6, 6.07) is 13.8. The normalized spacial score (nSPS) is 16.6. The van der Waals surface area contributed by atoms with Gasteiger partial charge in [-0.05, 0) is 24.3 Å². The molecule has 0 aliphatic carbocycles. The van der Waals surface area contributed by atoms with Gasteiger partial charge < -0.3 is 15.1 Å². The third-order valence-corrected chi connectivity index (χ3v) is 4.48. The number of hydrogen-bond acceptors (Lipinski definition) is 6. The molecule has 132 valence electrons. The third kappa shape index (κ3) is 3.92. The number of anilines is 1. The molecule has 0 spiro atoms. The average Bonchev–Trinajstić information content (AvgIpc) is 3.05. The molecule has 1 fully saturated rings. The van der Waals surface area contributed by atoms with E-state index in [2.05, 4.69) is 19.8 Å². The molecule has 2 N–H and O–H groups in total. The van der Waals surface area contributed by atoms with Crippen LogP contribution in [-0.2, 0) is 6.42 Å². The first-order chi connectivity index (χ1) is 11.8. The van der Waals surface area contributed by atoms with Gasteiger partial charge in [-0.25, -0.2) is 9.97 Å². The summed E-state index contributed by atoms with van der Waals surface area (Å²) < 4.78 is 5.78. The quantitative estimate of drug-likeness (QED) is 0.770. The lowest BCUT2D eigenvalue weighted by atomic mass is 10.2. The minimum atomic E-state index is -0.0797. The highest BCUT2D eigenvalue weighted by Gasteiger charge is 2.23. The van der Waals surface area contributed by atoms with Crippen molar-refractivity contribution in [1.29, 1.82) is 0 Å². The fourth-order valence-corrected chi connectivity index (χ4v) is 3.14. The lowest BCUT2D eigenvalue weighted by Crippen LogP contribution is -2.54. The zero-order valence-electron chi connectivity index (χ0n) is 13.9. The van der Waals surface area contributed by atoms with Crippen molar-refractivity contribution >= 4 is 29.3 Å². The first-order valence-electron chi connectivity index (χ1n) is 8.30. The molecule has 1 unspecified atom stereocenters. The van der Waals surface area contributed by atoms with Crippen LogP contribution in [0.4, 0.5) is 5.82 Å². The van der Waals surface area contributed by atoms with Crippen LogP contribution in [0.2, 0.25) is 0 Å². The van der Waals surface area contributed by atoms with E-state index in [1.807, 2.05) is 48.7 Å². The summed E-state index contributed by atoms with van der Waals surface area (Å²) in [6.45, 7) is 3.69. The number of fused-ring (bicyclic) bond motifs is 1. The lowest BCUT2D eigenvalue weighted by molar-refractivity contribution is 0.180. The Hall–Kier alpha value is -2.15. The maximum atomic E-state index is 6.38. The summed E-state index contributed by atoms with van der Waals surface area (Å²) >= 11 is 0. The standard InChI is InChI=1S/C18H21N5O.ClH/c19-16(13-18-21-14-5-1-2-6-15(14)24-18)22-9-11-23(12-10-22)17-7-3-4-8-20-17;/h1-8,16H,9-13,19H2;1H. The maximum absolute atomic E-state index is 6.38. The second-order valence-electron chi connectivity index (χ2n) is 6.06. The molecule has 1 saturated heterocycles. The van der Waals surface area contributed by atoms with Crippen molar-refractivity contribution in [2.24, 2.45) is 5.73 Å². The predicted molar refractivity (Wildman–Crippen MR) is 101 cm³/mol. The van der Waals surface area contributed by atoms with Gasteiger partial charge >= 0.3 is 0 Å². The van der Waals surface area contributed by atoms with Crippen molar-refractivity contribution in [1.82, 2.24) is 14.9 Å². The van der Waals surface area contributed by atoms with E-state index in [-0.39, 0.29) is 18.6 Å². The number of rotatable bonds is 4. The molecule has 7 heteroatoms. The van der Waals surface area contributed by atoms with Crippen LogP contribution in [-0.4, -0.2) is 47.2 Å². The van der Waals surface area contributed by atoms with Crippen molar-refractivity contribution < 1.29 is 4.42 Å². The van der Waals surface area contributed by atoms with Crippen LogP contribution in [0, 0.1) is 0 Å². The summed E-state index contributed by atoms with van der Waals surface area (Å²) in [5.41, 5.74) is 8.09. The first-order valence-corrected chi connectivity index (χ1v) is 8.30. The number of pyridine rings is 1. The molecule has 0 saturated carbocycles. The van der Waals surface area contributed by atoms with Gasteiger partial charge in [0, 0.05) is 32.4 Å². The molecule has 1 atom stereocenters. The Kier molecular flexibility index (Phi) is 5.53. The number of piperazine rings is 1. The molecule has 6 nitrogen and oxygen atoms in total. The Labute approximate surface area is 153 Å². The molecular formula is C18H22ClN5O. The van der Waals surface area contributed by atoms with E-state index in [9.17, 15) is 0 Å². The zero-order chi connectivity index (χ0) is 16.4. The zero-order valence-corrected chi connectivity index (χ0v) is 14.7. The SMILES string of the molecule is Cl.NC(Cc1nc2ccccc2o1)N1CCN(c2ccccn2)CC1. The predicted octanol–water partition coefficient (Wildman–Crippen LogP) is 2.29. The van der Waals surface area contributed by atoms with Gasteiger partial charge in [0.15, 0.2) is 11.5 Å². The van der Waals surface area contributed by atoms with E-state index in [1.54, 1.807) is 0 Å². The number of nitrogens with two attached hydrogens (primary N) is 1.